The van der Waals surface area contributed by atoms with Crippen LogP contribution in [-0.4, -0.2) is 33.2 Å². The van der Waals surface area contributed by atoms with Gasteiger partial charge in [-0.2, -0.15) is 0 Å². The van der Waals surface area contributed by atoms with Gasteiger partial charge in [0.15, 0.2) is 0 Å². The highest BCUT2D eigenvalue weighted by Crippen LogP contribution is 2.29. The van der Waals surface area contributed by atoms with E-state index in [2.05, 4.69) is 29.5 Å². The molecule has 3 aromatic heterocycles. The normalized spacial score (nSPS) is 11.6. The molecule has 0 radical (unpaired) electrons. The van der Waals surface area contributed by atoms with Gasteiger partial charge in [-0.15, -0.1) is 0 Å². The molecule has 9 nitrogen and oxygen atoms in total. The van der Waals surface area contributed by atoms with Crippen LogP contribution in [0.5, 0.6) is 5.75 Å². The van der Waals surface area contributed by atoms with Gasteiger partial charge in [0.1, 0.15) is 0 Å². The van der Waals surface area contributed by atoms with Crippen molar-refractivity contribution < 1.29 is 13.5 Å². The van der Waals surface area contributed by atoms with Gasteiger partial charge in [-0.25, -0.2) is 8.42 Å². The van der Waals surface area contributed by atoms with E-state index in [1.807, 2.05) is 98.8 Å². The number of nitrogens with one attached hydrogen (secondary N) is 1. The first-order valence-electron chi connectivity index (χ1n) is 16.8. The minimum absolute atomic E-state index is 0.0213. The first kappa shape index (κ1) is 35.4. The maximum atomic E-state index is 14.2. The third-order valence-corrected chi connectivity index (χ3v) is 9.88. The second kappa shape index (κ2) is 16.5. The minimum atomic E-state index is -3.83. The number of rotatable bonds is 15. The molecule has 0 aliphatic rings. The van der Waals surface area contributed by atoms with Gasteiger partial charge in [0.05, 0.1) is 27.7 Å². The predicted molar refractivity (Wildman–Crippen MR) is 198 cm³/mol. The van der Waals surface area contributed by atoms with Crippen LogP contribution < -0.4 is 9.83 Å². The fourth-order valence-electron chi connectivity index (χ4n) is 6.06. The van der Waals surface area contributed by atoms with Crippen molar-refractivity contribution in [3.63, 3.8) is 0 Å². The third kappa shape index (κ3) is 9.85. The van der Waals surface area contributed by atoms with E-state index in [0.717, 1.165) is 33.8 Å². The number of aromatic nitrogens is 3. The molecule has 0 saturated carbocycles. The molecule has 0 atom stereocenters. The van der Waals surface area contributed by atoms with E-state index in [1.165, 1.54) is 0 Å². The highest BCUT2D eigenvalue weighted by atomic mass is 32.2. The lowest BCUT2D eigenvalue weighted by molar-refractivity contribution is -0.271. The van der Waals surface area contributed by atoms with Crippen LogP contribution in [0.25, 0.3) is 0 Å². The highest BCUT2D eigenvalue weighted by molar-refractivity contribution is 7.92. The van der Waals surface area contributed by atoms with Crippen molar-refractivity contribution in [2.75, 3.05) is 4.72 Å². The molecular formula is C41H41N6O3S-. The Morgan fingerprint density at radius 1 is 0.549 bits per heavy atom. The smallest absolute Gasteiger partial charge is 0.261 e. The second-order valence-corrected chi connectivity index (χ2v) is 14.4. The van der Waals surface area contributed by atoms with Gasteiger partial charge < -0.3 is 5.11 Å². The van der Waals surface area contributed by atoms with Crippen LogP contribution in [-0.2, 0) is 49.3 Å². The number of benzene rings is 3. The van der Waals surface area contributed by atoms with Crippen molar-refractivity contribution in [1.29, 1.82) is 0 Å². The van der Waals surface area contributed by atoms with E-state index < -0.39 is 10.0 Å². The molecule has 0 saturated heterocycles. The molecule has 0 bridgehead atoms. The molecular weight excluding hydrogens is 657 g/mol. The fraction of sp³-hybridized carbons (Fsp3) is 0.195. The summed E-state index contributed by atoms with van der Waals surface area (Å²) in [7, 11) is -3.83. The molecule has 0 amide bonds. The summed E-state index contributed by atoms with van der Waals surface area (Å²) in [6.07, 6.45) is 5.30. The average Bonchev–Trinajstić information content (AvgIpc) is 3.12. The third-order valence-electron chi connectivity index (χ3n) is 8.50. The Labute approximate surface area is 300 Å². The summed E-state index contributed by atoms with van der Waals surface area (Å²) in [6, 6.07) is 35.5. The van der Waals surface area contributed by atoms with Gasteiger partial charge in [0.25, 0.3) is 10.0 Å². The number of nitrogens with zero attached hydrogens (tertiary/aromatic N) is 5. The Kier molecular flexibility index (Phi) is 11.5. The number of hydrogen-bond acceptors (Lipinski definition) is 8. The van der Waals surface area contributed by atoms with Crippen LogP contribution in [0.3, 0.4) is 0 Å². The summed E-state index contributed by atoms with van der Waals surface area (Å²) in [5.74, 6) is -0.0213. The molecule has 0 aliphatic carbocycles. The Bertz CT molecular complexity index is 2090. The van der Waals surface area contributed by atoms with Gasteiger partial charge in [-0.3, -0.25) is 29.5 Å². The molecule has 6 aromatic rings. The topological polar surface area (TPSA) is 114 Å². The van der Waals surface area contributed by atoms with Gasteiger partial charge in [-0.1, -0.05) is 77.5 Å². The van der Waals surface area contributed by atoms with E-state index in [9.17, 15) is 13.5 Å². The first-order chi connectivity index (χ1) is 24.7. The zero-order valence-electron chi connectivity index (χ0n) is 28.8. The summed E-state index contributed by atoms with van der Waals surface area (Å²) in [5, 5.41) is 14.2. The molecule has 10 heteroatoms. The molecule has 0 aliphatic heterocycles. The second-order valence-electron chi connectivity index (χ2n) is 12.7. The molecule has 0 unspecified atom stereocenters. The van der Waals surface area contributed by atoms with Crippen LogP contribution >= 0.6 is 0 Å². The number of aryl methyl sites for hydroxylation is 2. The standard InChI is InChI=1S/C41H42N6O3S/c1-31-16-18-39(19-17-31)51(49,50)45-40-15-4-3-11-33(40)25-46(28-36-12-5-8-20-42-36)26-34-23-32(2)24-35(41(34)48)27-47(29-37-13-6-9-21-43-37)30-38-14-7-10-22-44-38/h3-24,45,48H,25-30H2,1-2H3/p-1. The summed E-state index contributed by atoms with van der Waals surface area (Å²) in [4.78, 5) is 18.1. The van der Waals surface area contributed by atoms with E-state index in [0.29, 0.717) is 56.1 Å². The maximum absolute atomic E-state index is 14.2. The number of pyridine rings is 3. The van der Waals surface area contributed by atoms with Gasteiger partial charge in [0, 0.05) is 57.9 Å². The van der Waals surface area contributed by atoms with Crippen LogP contribution in [0.4, 0.5) is 5.69 Å². The molecule has 0 fully saturated rings. The summed E-state index contributed by atoms with van der Waals surface area (Å²) in [6.45, 7) is 6.62. The zero-order valence-corrected chi connectivity index (χ0v) is 29.6. The number of para-hydroxylation sites is 1. The summed E-state index contributed by atoms with van der Waals surface area (Å²) >= 11 is 0. The van der Waals surface area contributed by atoms with Crippen molar-refractivity contribution in [2.45, 2.75) is 58.0 Å². The lowest BCUT2D eigenvalue weighted by Crippen LogP contribution is -2.26. The Morgan fingerprint density at radius 3 is 1.49 bits per heavy atom. The predicted octanol–water partition coefficient (Wildman–Crippen LogP) is 6.77. The van der Waals surface area contributed by atoms with Crippen molar-refractivity contribution in [3.8, 4) is 5.75 Å². The summed E-state index contributed by atoms with van der Waals surface area (Å²) in [5.41, 5.74) is 7.24. The SMILES string of the molecule is Cc1ccc(S(=O)(=O)Nc2ccccc2CN(Cc2ccccn2)Cc2cc(C)cc(CN(Cc3ccccn3)Cc3ccccn3)c2[O-])cc1. The zero-order chi connectivity index (χ0) is 35.6. The van der Waals surface area contributed by atoms with E-state index >= 15 is 0 Å². The average molecular weight is 698 g/mol. The molecule has 1 N–H and O–H groups in total. The Hall–Kier alpha value is -5.42. The largest absolute Gasteiger partial charge is 0.872 e. The number of anilines is 1. The molecule has 260 valence electrons. The molecule has 0 spiro atoms. The lowest BCUT2D eigenvalue weighted by Gasteiger charge is -2.29. The van der Waals surface area contributed by atoms with Crippen molar-refractivity contribution in [1.82, 2.24) is 24.8 Å². The van der Waals surface area contributed by atoms with Crippen molar-refractivity contribution in [3.05, 3.63) is 179 Å². The van der Waals surface area contributed by atoms with E-state index in [-0.39, 0.29) is 10.6 Å². The molecule has 3 aromatic carbocycles. The highest BCUT2D eigenvalue weighted by Gasteiger charge is 2.19. The number of sulfonamides is 1. The van der Waals surface area contributed by atoms with Gasteiger partial charge in [0.2, 0.25) is 0 Å². The monoisotopic (exact) mass is 697 g/mol. The quantitative estimate of drug-likeness (QED) is 0.125. The minimum Gasteiger partial charge on any atom is -0.872 e. The molecule has 51 heavy (non-hydrogen) atoms. The van der Waals surface area contributed by atoms with Crippen molar-refractivity contribution in [2.24, 2.45) is 0 Å². The number of hydrogen-bond donors (Lipinski definition) is 1. The lowest BCUT2D eigenvalue weighted by atomic mass is 10.0. The van der Waals surface area contributed by atoms with Crippen LogP contribution in [0, 0.1) is 13.8 Å². The van der Waals surface area contributed by atoms with Crippen LogP contribution in [0.15, 0.2) is 139 Å². The Balaban J connectivity index is 1.28. The summed E-state index contributed by atoms with van der Waals surface area (Å²) < 4.78 is 29.6. The first-order valence-corrected chi connectivity index (χ1v) is 18.3. The van der Waals surface area contributed by atoms with Crippen LogP contribution in [0.2, 0.25) is 0 Å². The Morgan fingerprint density at radius 2 is 1.00 bits per heavy atom. The van der Waals surface area contributed by atoms with Gasteiger partial charge >= 0.3 is 0 Å². The molecule has 6 rings (SSSR count). The van der Waals surface area contributed by atoms with Crippen molar-refractivity contribution >= 4 is 15.7 Å². The van der Waals surface area contributed by atoms with E-state index in [1.54, 1.807) is 48.9 Å². The molecule has 3 heterocycles. The van der Waals surface area contributed by atoms with E-state index in [4.69, 9.17) is 0 Å². The fourth-order valence-corrected chi connectivity index (χ4v) is 7.16. The van der Waals surface area contributed by atoms with Gasteiger partial charge in [-0.05, 0) is 85.1 Å². The maximum Gasteiger partial charge on any atom is 0.261 e. The van der Waals surface area contributed by atoms with Crippen LogP contribution in [0.1, 0.15) is 44.9 Å².